The fraction of sp³-hybridized carbons (Fsp3) is 0.462. The van der Waals surface area contributed by atoms with Crippen molar-refractivity contribution in [2.45, 2.75) is 36.8 Å². The van der Waals surface area contributed by atoms with E-state index in [1.807, 2.05) is 24.3 Å². The van der Waals surface area contributed by atoms with Crippen LogP contribution in [-0.4, -0.2) is 21.4 Å². The first-order valence-electron chi connectivity index (χ1n) is 5.98. The van der Waals surface area contributed by atoms with Gasteiger partial charge in [0.25, 0.3) is 0 Å². The molecule has 2 rings (SSSR count). The van der Waals surface area contributed by atoms with Gasteiger partial charge in [-0.3, -0.25) is 9.00 Å². The molecule has 1 amide bonds. The summed E-state index contributed by atoms with van der Waals surface area (Å²) in [7, 11) is -1.18. The molecule has 18 heavy (non-hydrogen) atoms. The second-order valence-corrected chi connectivity index (χ2v) is 7.25. The Balaban J connectivity index is 1.91. The normalized spacial score (nSPS) is 18.1. The largest absolute Gasteiger partial charge is 0.352 e. The minimum atomic E-state index is -1.18. The van der Waals surface area contributed by atoms with Crippen LogP contribution in [0.5, 0.6) is 0 Å². The predicted molar refractivity (Wildman–Crippen MR) is 76.6 cm³/mol. The molecule has 0 aliphatic heterocycles. The van der Waals surface area contributed by atoms with Gasteiger partial charge in [0.05, 0.1) is 0 Å². The maximum absolute atomic E-state index is 12.1. The van der Waals surface area contributed by atoms with Gasteiger partial charge in [0.1, 0.15) is 5.25 Å². The van der Waals surface area contributed by atoms with E-state index in [0.717, 1.165) is 22.9 Å². The zero-order chi connectivity index (χ0) is 13.1. The first-order chi connectivity index (χ1) is 8.56. The fourth-order valence-electron chi connectivity index (χ4n) is 1.58. The molecule has 0 unspecified atom stereocenters. The summed E-state index contributed by atoms with van der Waals surface area (Å²) in [6, 6.07) is 8.02. The highest BCUT2D eigenvalue weighted by Crippen LogP contribution is 2.19. The smallest absolute Gasteiger partial charge is 0.235 e. The van der Waals surface area contributed by atoms with Crippen molar-refractivity contribution in [3.8, 4) is 0 Å². The van der Waals surface area contributed by atoms with Gasteiger partial charge in [-0.25, -0.2) is 0 Å². The Hall–Kier alpha value is -0.680. The van der Waals surface area contributed by atoms with Crippen LogP contribution in [0.1, 0.15) is 25.3 Å². The van der Waals surface area contributed by atoms with Crippen molar-refractivity contribution < 1.29 is 9.00 Å². The number of halogens is 1. The first kappa shape index (κ1) is 13.7. The lowest BCUT2D eigenvalue weighted by molar-refractivity contribution is -0.120. The molecular weight excluding hydrogens is 314 g/mol. The monoisotopic (exact) mass is 329 g/mol. The zero-order valence-electron chi connectivity index (χ0n) is 10.2. The van der Waals surface area contributed by atoms with Crippen LogP contribution in [0, 0.1) is 0 Å². The number of hydrogen-bond acceptors (Lipinski definition) is 2. The molecule has 2 atom stereocenters. The predicted octanol–water partition coefficient (Wildman–Crippen LogP) is 2.36. The maximum atomic E-state index is 12.1. The molecule has 1 aromatic carbocycles. The highest BCUT2D eigenvalue weighted by molar-refractivity contribution is 9.10. The lowest BCUT2D eigenvalue weighted by Gasteiger charge is -2.11. The molecule has 1 saturated carbocycles. The lowest BCUT2D eigenvalue weighted by Crippen LogP contribution is -2.37. The Morgan fingerprint density at radius 1 is 1.56 bits per heavy atom. The molecule has 0 saturated heterocycles. The number of benzene rings is 1. The van der Waals surface area contributed by atoms with Gasteiger partial charge in [-0.2, -0.15) is 0 Å². The van der Waals surface area contributed by atoms with Crippen LogP contribution >= 0.6 is 15.9 Å². The number of carbonyl (C=O) groups is 1. The summed E-state index contributed by atoms with van der Waals surface area (Å²) in [5.41, 5.74) is 0.980. The Bertz CT molecular complexity index is 474. The Morgan fingerprint density at radius 3 is 2.89 bits per heavy atom. The van der Waals surface area contributed by atoms with Crippen molar-refractivity contribution in [3.63, 3.8) is 0 Å². The summed E-state index contributed by atoms with van der Waals surface area (Å²) < 4.78 is 13.1. The van der Waals surface area contributed by atoms with E-state index in [0.29, 0.717) is 11.8 Å². The molecule has 0 heterocycles. The summed E-state index contributed by atoms with van der Waals surface area (Å²) in [6.45, 7) is 1.73. The topological polar surface area (TPSA) is 46.2 Å². The molecule has 3 nitrogen and oxygen atoms in total. The minimum absolute atomic E-state index is 0.0918. The van der Waals surface area contributed by atoms with E-state index in [2.05, 4.69) is 21.2 Å². The second kappa shape index (κ2) is 5.97. The van der Waals surface area contributed by atoms with Crippen LogP contribution in [0.4, 0.5) is 0 Å². The summed E-state index contributed by atoms with van der Waals surface area (Å²) in [5, 5.41) is 2.44. The molecule has 0 bridgehead atoms. The summed E-state index contributed by atoms with van der Waals surface area (Å²) in [4.78, 5) is 11.8. The van der Waals surface area contributed by atoms with E-state index in [9.17, 15) is 9.00 Å². The number of nitrogens with one attached hydrogen (secondary N) is 1. The Morgan fingerprint density at radius 2 is 2.28 bits per heavy atom. The molecule has 1 aromatic rings. The van der Waals surface area contributed by atoms with Crippen molar-refractivity contribution in [2.75, 3.05) is 0 Å². The van der Waals surface area contributed by atoms with Crippen LogP contribution in [-0.2, 0) is 21.3 Å². The molecule has 0 radical (unpaired) electrons. The molecule has 1 N–H and O–H groups in total. The highest BCUT2D eigenvalue weighted by Gasteiger charge is 2.27. The Labute approximate surface area is 118 Å². The van der Waals surface area contributed by atoms with E-state index >= 15 is 0 Å². The summed E-state index contributed by atoms with van der Waals surface area (Å²) >= 11 is 3.38. The van der Waals surface area contributed by atoms with Gasteiger partial charge in [0, 0.05) is 27.1 Å². The van der Waals surface area contributed by atoms with E-state index in [4.69, 9.17) is 0 Å². The van der Waals surface area contributed by atoms with Crippen LogP contribution in [0.3, 0.4) is 0 Å². The van der Waals surface area contributed by atoms with E-state index in [-0.39, 0.29) is 5.91 Å². The molecule has 1 fully saturated rings. The Kier molecular flexibility index (Phi) is 4.56. The van der Waals surface area contributed by atoms with E-state index in [1.54, 1.807) is 6.92 Å². The molecule has 1 aliphatic rings. The van der Waals surface area contributed by atoms with Crippen molar-refractivity contribution in [2.24, 2.45) is 0 Å². The SMILES string of the molecule is C[C@@H](C(=O)NC1CC1)[S@@](=O)Cc1cccc(Br)c1. The quantitative estimate of drug-likeness (QED) is 0.901. The molecular formula is C13H16BrNO2S. The van der Waals surface area contributed by atoms with Gasteiger partial charge in [0.15, 0.2) is 0 Å². The fourth-order valence-corrected chi connectivity index (χ4v) is 3.09. The highest BCUT2D eigenvalue weighted by atomic mass is 79.9. The van der Waals surface area contributed by atoms with Crippen molar-refractivity contribution >= 4 is 32.6 Å². The van der Waals surface area contributed by atoms with Crippen LogP contribution < -0.4 is 5.32 Å². The molecule has 5 heteroatoms. The number of rotatable bonds is 5. The van der Waals surface area contributed by atoms with Crippen molar-refractivity contribution in [3.05, 3.63) is 34.3 Å². The van der Waals surface area contributed by atoms with Gasteiger partial charge in [-0.1, -0.05) is 28.1 Å². The van der Waals surface area contributed by atoms with Crippen LogP contribution in [0.25, 0.3) is 0 Å². The van der Waals surface area contributed by atoms with Crippen molar-refractivity contribution in [1.82, 2.24) is 5.32 Å². The molecule has 1 aliphatic carbocycles. The van der Waals surface area contributed by atoms with Gasteiger partial charge < -0.3 is 5.32 Å². The van der Waals surface area contributed by atoms with Gasteiger partial charge in [-0.15, -0.1) is 0 Å². The minimum Gasteiger partial charge on any atom is -0.352 e. The number of hydrogen-bond donors (Lipinski definition) is 1. The standard InChI is InChI=1S/C13H16BrNO2S/c1-9(13(16)15-12-5-6-12)18(17)8-10-3-2-4-11(14)7-10/h2-4,7,9,12H,5-6,8H2,1H3,(H,15,16)/t9-,18-/m0/s1. The average molecular weight is 330 g/mol. The third kappa shape index (κ3) is 3.92. The van der Waals surface area contributed by atoms with Gasteiger partial charge >= 0.3 is 0 Å². The second-order valence-electron chi connectivity index (χ2n) is 4.58. The molecule has 0 spiro atoms. The van der Waals surface area contributed by atoms with Gasteiger partial charge in [0.2, 0.25) is 5.91 Å². The third-order valence-electron chi connectivity index (χ3n) is 2.89. The molecule has 98 valence electrons. The first-order valence-corrected chi connectivity index (χ1v) is 8.16. The van der Waals surface area contributed by atoms with E-state index < -0.39 is 16.0 Å². The summed E-state index contributed by atoms with van der Waals surface area (Å²) in [5.74, 6) is 0.324. The lowest BCUT2D eigenvalue weighted by atomic mass is 10.2. The summed E-state index contributed by atoms with van der Waals surface area (Å²) in [6.07, 6.45) is 2.10. The third-order valence-corrected chi connectivity index (χ3v) is 5.00. The zero-order valence-corrected chi connectivity index (χ0v) is 12.6. The van der Waals surface area contributed by atoms with E-state index in [1.165, 1.54) is 0 Å². The van der Waals surface area contributed by atoms with Crippen LogP contribution in [0.2, 0.25) is 0 Å². The maximum Gasteiger partial charge on any atom is 0.235 e. The van der Waals surface area contributed by atoms with Crippen LogP contribution in [0.15, 0.2) is 28.7 Å². The average Bonchev–Trinajstić information content (AvgIpc) is 3.11. The van der Waals surface area contributed by atoms with Gasteiger partial charge in [-0.05, 0) is 37.5 Å². The number of amides is 1. The van der Waals surface area contributed by atoms with Crippen molar-refractivity contribution in [1.29, 1.82) is 0 Å². The molecule has 0 aromatic heterocycles. The number of carbonyl (C=O) groups excluding carboxylic acids is 1.